The fourth-order valence-electron chi connectivity index (χ4n) is 3.81. The van der Waals surface area contributed by atoms with Crippen LogP contribution in [0.25, 0.3) is 5.76 Å². The van der Waals surface area contributed by atoms with Crippen LogP contribution in [0.4, 0.5) is 18.9 Å². The number of ketones is 1. The largest absolute Gasteiger partial charge is 0.508 e. The van der Waals surface area contributed by atoms with Crippen molar-refractivity contribution in [3.8, 4) is 5.75 Å². The molecule has 0 aromatic heterocycles. The smallest absolute Gasteiger partial charge is 0.416 e. The highest BCUT2D eigenvalue weighted by Gasteiger charge is 2.47. The summed E-state index contributed by atoms with van der Waals surface area (Å²) >= 11 is 0. The van der Waals surface area contributed by atoms with E-state index in [4.69, 9.17) is 0 Å². The number of amides is 1. The molecule has 0 aliphatic carbocycles. The molecular formula is C25H18F3NO4. The van der Waals surface area contributed by atoms with Crippen molar-refractivity contribution in [2.75, 3.05) is 4.90 Å². The van der Waals surface area contributed by atoms with Gasteiger partial charge in [-0.2, -0.15) is 13.2 Å². The number of halogens is 3. The summed E-state index contributed by atoms with van der Waals surface area (Å²) in [4.78, 5) is 27.0. The minimum absolute atomic E-state index is 0.164. The molecule has 8 heteroatoms. The quantitative estimate of drug-likeness (QED) is 0.319. The molecule has 1 amide bonds. The van der Waals surface area contributed by atoms with E-state index in [0.717, 1.165) is 28.7 Å². The summed E-state index contributed by atoms with van der Waals surface area (Å²) in [6.45, 7) is 1.84. The molecule has 2 N–H and O–H groups in total. The van der Waals surface area contributed by atoms with Crippen molar-refractivity contribution in [3.05, 3.63) is 101 Å². The molecule has 1 unspecified atom stereocenters. The van der Waals surface area contributed by atoms with E-state index in [9.17, 15) is 33.0 Å². The van der Waals surface area contributed by atoms with E-state index in [1.54, 1.807) is 24.3 Å². The summed E-state index contributed by atoms with van der Waals surface area (Å²) in [5.74, 6) is -2.76. The van der Waals surface area contributed by atoms with E-state index in [1.165, 1.54) is 30.3 Å². The molecule has 3 aromatic rings. The second kappa shape index (κ2) is 8.12. The van der Waals surface area contributed by atoms with Gasteiger partial charge in [-0.1, -0.05) is 48.0 Å². The zero-order chi connectivity index (χ0) is 23.9. The van der Waals surface area contributed by atoms with Gasteiger partial charge in [-0.15, -0.1) is 0 Å². The molecule has 1 saturated heterocycles. The molecule has 5 nitrogen and oxygen atoms in total. The maximum atomic E-state index is 13.3. The molecule has 0 spiro atoms. The standard InChI is InChI=1S/C25H18F3NO4/c1-14-8-10-15(11-9-14)22(31)20-21(16-4-2-7-19(30)12-16)29(24(33)23(20)32)18-6-3-5-17(13-18)25(26,27)28/h2-13,21,30-31H,1H3/b22-20+. The highest BCUT2D eigenvalue weighted by atomic mass is 19.4. The van der Waals surface area contributed by atoms with Crippen molar-refractivity contribution < 1.29 is 33.0 Å². The van der Waals surface area contributed by atoms with Gasteiger partial charge in [-0.05, 0) is 42.8 Å². The van der Waals surface area contributed by atoms with Crippen LogP contribution in [0.3, 0.4) is 0 Å². The van der Waals surface area contributed by atoms with E-state index >= 15 is 0 Å². The van der Waals surface area contributed by atoms with Gasteiger partial charge in [0.2, 0.25) is 0 Å². The normalized spacial score (nSPS) is 18.1. The van der Waals surface area contributed by atoms with Crippen molar-refractivity contribution in [2.24, 2.45) is 0 Å². The van der Waals surface area contributed by atoms with Crippen LogP contribution in [-0.2, 0) is 15.8 Å². The molecule has 1 aliphatic heterocycles. The minimum atomic E-state index is -4.66. The lowest BCUT2D eigenvalue weighted by molar-refractivity contribution is -0.137. The number of carbonyl (C=O) groups excluding carboxylic acids is 2. The number of aryl methyl sites for hydroxylation is 1. The Kier molecular flexibility index (Phi) is 5.45. The van der Waals surface area contributed by atoms with E-state index in [2.05, 4.69) is 0 Å². The zero-order valence-corrected chi connectivity index (χ0v) is 17.3. The highest BCUT2D eigenvalue weighted by molar-refractivity contribution is 6.51. The Hall–Kier alpha value is -4.07. The van der Waals surface area contributed by atoms with Crippen molar-refractivity contribution in [1.29, 1.82) is 0 Å². The SMILES string of the molecule is Cc1ccc(/C(O)=C2\C(=O)C(=O)N(c3cccc(C(F)(F)F)c3)C2c2cccc(O)c2)cc1. The second-order valence-electron chi connectivity index (χ2n) is 7.68. The number of phenolic OH excluding ortho intramolecular Hbond substituents is 1. The van der Waals surface area contributed by atoms with Crippen LogP contribution in [0.1, 0.15) is 28.3 Å². The molecule has 3 aromatic carbocycles. The molecular weight excluding hydrogens is 435 g/mol. The number of aliphatic hydroxyl groups is 1. The van der Waals surface area contributed by atoms with Gasteiger partial charge in [0.05, 0.1) is 17.2 Å². The molecule has 1 fully saturated rings. The number of aromatic hydroxyl groups is 1. The van der Waals surface area contributed by atoms with Crippen molar-refractivity contribution in [3.63, 3.8) is 0 Å². The van der Waals surface area contributed by atoms with Crippen LogP contribution < -0.4 is 4.90 Å². The second-order valence-corrected chi connectivity index (χ2v) is 7.68. The van der Waals surface area contributed by atoms with Crippen LogP contribution in [0, 0.1) is 6.92 Å². The van der Waals surface area contributed by atoms with E-state index in [0.29, 0.717) is 0 Å². The molecule has 4 rings (SSSR count). The summed E-state index contributed by atoms with van der Waals surface area (Å²) in [6, 6.07) is 15.0. The molecule has 0 bridgehead atoms. The molecule has 33 heavy (non-hydrogen) atoms. The van der Waals surface area contributed by atoms with Gasteiger partial charge in [0.1, 0.15) is 11.5 Å². The first kappa shape index (κ1) is 22.1. The number of hydrogen-bond donors (Lipinski definition) is 2. The van der Waals surface area contributed by atoms with Crippen molar-refractivity contribution in [1.82, 2.24) is 0 Å². The first-order valence-electron chi connectivity index (χ1n) is 9.92. The van der Waals surface area contributed by atoms with E-state index < -0.39 is 35.2 Å². The average Bonchev–Trinajstić information content (AvgIpc) is 3.04. The number of alkyl halides is 3. The van der Waals surface area contributed by atoms with Gasteiger partial charge >= 0.3 is 6.18 Å². The Labute approximate surface area is 187 Å². The number of rotatable bonds is 3. The Morgan fingerprint density at radius 2 is 1.61 bits per heavy atom. The molecule has 1 aliphatic rings. The summed E-state index contributed by atoms with van der Waals surface area (Å²) in [6.07, 6.45) is -4.66. The molecule has 0 saturated carbocycles. The topological polar surface area (TPSA) is 77.8 Å². The maximum Gasteiger partial charge on any atom is 0.416 e. The highest BCUT2D eigenvalue weighted by Crippen LogP contribution is 2.43. The van der Waals surface area contributed by atoms with Crippen LogP contribution in [0.5, 0.6) is 5.75 Å². The van der Waals surface area contributed by atoms with Crippen LogP contribution in [0.2, 0.25) is 0 Å². The zero-order valence-electron chi connectivity index (χ0n) is 17.3. The minimum Gasteiger partial charge on any atom is -0.508 e. The number of aliphatic hydroxyl groups excluding tert-OH is 1. The monoisotopic (exact) mass is 453 g/mol. The Morgan fingerprint density at radius 3 is 2.24 bits per heavy atom. The third-order valence-electron chi connectivity index (χ3n) is 5.41. The molecule has 1 heterocycles. The van der Waals surface area contributed by atoms with Gasteiger partial charge in [0, 0.05) is 11.3 Å². The molecule has 1 atom stereocenters. The summed E-state index contributed by atoms with van der Waals surface area (Å²) in [5.41, 5.74) is -0.0150. The Bertz CT molecular complexity index is 1280. The molecule has 0 radical (unpaired) electrons. The Morgan fingerprint density at radius 1 is 0.939 bits per heavy atom. The van der Waals surface area contributed by atoms with Crippen molar-refractivity contribution >= 4 is 23.1 Å². The first-order valence-corrected chi connectivity index (χ1v) is 9.92. The number of anilines is 1. The van der Waals surface area contributed by atoms with Crippen molar-refractivity contribution in [2.45, 2.75) is 19.1 Å². The predicted molar refractivity (Wildman–Crippen MR) is 116 cm³/mol. The van der Waals surface area contributed by atoms with E-state index in [-0.39, 0.29) is 28.1 Å². The van der Waals surface area contributed by atoms with Crippen LogP contribution in [-0.4, -0.2) is 21.9 Å². The average molecular weight is 453 g/mol. The lowest BCUT2D eigenvalue weighted by Gasteiger charge is -2.26. The number of benzene rings is 3. The van der Waals surface area contributed by atoms with E-state index in [1.807, 2.05) is 6.92 Å². The number of hydrogen-bond acceptors (Lipinski definition) is 4. The molecule has 168 valence electrons. The van der Waals surface area contributed by atoms with Gasteiger partial charge in [-0.3, -0.25) is 14.5 Å². The first-order chi connectivity index (χ1) is 15.6. The predicted octanol–water partition coefficient (Wildman–Crippen LogP) is 5.35. The third kappa shape index (κ3) is 4.07. The van der Waals surface area contributed by atoms with Crippen LogP contribution >= 0.6 is 0 Å². The van der Waals surface area contributed by atoms with Gasteiger partial charge in [0.25, 0.3) is 11.7 Å². The number of Topliss-reactive ketones (excluding diaryl/α,β-unsaturated/α-hetero) is 1. The summed E-state index contributed by atoms with van der Waals surface area (Å²) in [5, 5.41) is 21.0. The maximum absolute atomic E-state index is 13.3. The number of phenols is 1. The fraction of sp³-hybridized carbons (Fsp3) is 0.120. The third-order valence-corrected chi connectivity index (χ3v) is 5.41. The van der Waals surface area contributed by atoms with Gasteiger partial charge in [-0.25, -0.2) is 0 Å². The fourth-order valence-corrected chi connectivity index (χ4v) is 3.81. The van der Waals surface area contributed by atoms with Gasteiger partial charge < -0.3 is 10.2 Å². The summed E-state index contributed by atoms with van der Waals surface area (Å²) < 4.78 is 39.9. The lowest BCUT2D eigenvalue weighted by atomic mass is 9.94. The Balaban J connectivity index is 1.95. The van der Waals surface area contributed by atoms with Crippen LogP contribution in [0.15, 0.2) is 78.4 Å². The number of carbonyl (C=O) groups is 2. The number of nitrogens with zero attached hydrogens (tertiary/aromatic N) is 1. The lowest BCUT2D eigenvalue weighted by Crippen LogP contribution is -2.29. The summed E-state index contributed by atoms with van der Waals surface area (Å²) in [7, 11) is 0. The van der Waals surface area contributed by atoms with Gasteiger partial charge in [0.15, 0.2) is 0 Å².